The number of nitrogens with zero attached hydrogens (tertiary/aromatic N) is 2. The minimum atomic E-state index is -0.951. The van der Waals surface area contributed by atoms with Gasteiger partial charge in [-0.05, 0) is 43.2 Å². The Morgan fingerprint density at radius 2 is 1.74 bits per heavy atom. The van der Waals surface area contributed by atoms with Crippen molar-refractivity contribution in [2.24, 2.45) is 5.73 Å². The minimum absolute atomic E-state index is 0.0376. The van der Waals surface area contributed by atoms with Gasteiger partial charge in [-0.1, -0.05) is 30.3 Å². The monoisotopic (exact) mass is 472 g/mol. The molecule has 0 bridgehead atoms. The number of nitriles is 1. The molecule has 0 fully saturated rings. The van der Waals surface area contributed by atoms with Crippen LogP contribution in [0.25, 0.3) is 0 Å². The minimum Gasteiger partial charge on any atom is -0.466 e. The van der Waals surface area contributed by atoms with Gasteiger partial charge in [0.05, 0.1) is 42.8 Å². The van der Waals surface area contributed by atoms with Gasteiger partial charge in [0.15, 0.2) is 0 Å². The van der Waals surface area contributed by atoms with Crippen LogP contribution in [-0.4, -0.2) is 32.1 Å². The number of hydrogen-bond donors (Lipinski definition) is 2. The lowest BCUT2D eigenvalue weighted by Crippen LogP contribution is -2.40. The Labute approximate surface area is 202 Å². The summed E-state index contributed by atoms with van der Waals surface area (Å²) in [5, 5.41) is 13.0. The van der Waals surface area contributed by atoms with E-state index in [1.807, 2.05) is 0 Å². The molecule has 2 aliphatic rings. The summed E-state index contributed by atoms with van der Waals surface area (Å²) >= 11 is 0. The smallest absolute Gasteiger partial charge is 0.355 e. The topological polar surface area (TPSA) is 135 Å². The first-order chi connectivity index (χ1) is 16.7. The number of rotatable bonds is 4. The molecule has 2 aromatic carbocycles. The molecule has 4 rings (SSSR count). The van der Waals surface area contributed by atoms with Crippen LogP contribution >= 0.6 is 0 Å². The highest BCUT2D eigenvalue weighted by Gasteiger charge is 2.44. The fourth-order valence-electron chi connectivity index (χ4n) is 4.48. The lowest BCUT2D eigenvalue weighted by Gasteiger charge is -2.36. The summed E-state index contributed by atoms with van der Waals surface area (Å²) in [5.41, 5.74) is 7.78. The fourth-order valence-corrected chi connectivity index (χ4v) is 4.48. The predicted molar refractivity (Wildman–Crippen MR) is 128 cm³/mol. The number of carbonyl (C=O) groups excluding carboxylic acids is 3. The summed E-state index contributed by atoms with van der Waals surface area (Å²) in [6, 6.07) is 15.9. The summed E-state index contributed by atoms with van der Waals surface area (Å²) < 4.78 is 10.1. The normalized spacial score (nSPS) is 18.5. The second-order valence-electron chi connectivity index (χ2n) is 8.64. The van der Waals surface area contributed by atoms with Crippen LogP contribution in [0.4, 0.5) is 11.4 Å². The molecular formula is C26H24N4O5. The quantitative estimate of drug-likeness (QED) is 0.649. The van der Waals surface area contributed by atoms with E-state index < -0.39 is 23.3 Å². The molecule has 0 radical (unpaired) electrons. The average molecular weight is 473 g/mol. The van der Waals surface area contributed by atoms with Gasteiger partial charge >= 0.3 is 11.9 Å². The van der Waals surface area contributed by atoms with E-state index in [4.69, 9.17) is 15.2 Å². The predicted octanol–water partition coefficient (Wildman–Crippen LogP) is 2.81. The number of carbonyl (C=O) groups is 3. The number of ether oxygens (including phenoxy) is 2. The van der Waals surface area contributed by atoms with Crippen LogP contribution in [-0.2, 0) is 29.3 Å². The molecule has 0 saturated carbocycles. The van der Waals surface area contributed by atoms with Crippen molar-refractivity contribution in [2.45, 2.75) is 25.2 Å². The highest BCUT2D eigenvalue weighted by Crippen LogP contribution is 2.45. The number of nitrogens with one attached hydrogen (secondary N) is 1. The van der Waals surface area contributed by atoms with Crippen molar-refractivity contribution in [3.05, 3.63) is 82.3 Å². The number of benzene rings is 2. The molecule has 178 valence electrons. The fraction of sp³-hybridized carbons (Fsp3) is 0.231. The summed E-state index contributed by atoms with van der Waals surface area (Å²) in [4.78, 5) is 40.0. The summed E-state index contributed by atoms with van der Waals surface area (Å²) in [5.74, 6) is -2.80. The van der Waals surface area contributed by atoms with E-state index in [0.717, 1.165) is 0 Å². The van der Waals surface area contributed by atoms with Gasteiger partial charge in [0.2, 0.25) is 5.91 Å². The number of esters is 2. The number of anilines is 2. The van der Waals surface area contributed by atoms with E-state index in [0.29, 0.717) is 22.5 Å². The molecule has 35 heavy (non-hydrogen) atoms. The van der Waals surface area contributed by atoms with Gasteiger partial charge in [-0.2, -0.15) is 5.26 Å². The molecule has 0 aromatic heterocycles. The SMILES string of the molecule is COC(=O)C1=C(C(=O)OC)N(c2ccc3c(c2)C(C)(C)C(=O)N3)C(N)=C(C#N)C1c1ccccc1. The number of nitrogens with two attached hydrogens (primary N) is 1. The van der Waals surface area contributed by atoms with E-state index >= 15 is 0 Å². The van der Waals surface area contributed by atoms with E-state index in [9.17, 15) is 19.6 Å². The van der Waals surface area contributed by atoms with Crippen LogP contribution in [0, 0.1) is 11.3 Å². The van der Waals surface area contributed by atoms with E-state index in [1.165, 1.54) is 19.1 Å². The number of allylic oxidation sites excluding steroid dienone is 1. The average Bonchev–Trinajstić information content (AvgIpc) is 3.10. The van der Waals surface area contributed by atoms with Crippen LogP contribution in [0.2, 0.25) is 0 Å². The molecule has 2 aliphatic heterocycles. The Bertz CT molecular complexity index is 1350. The van der Waals surface area contributed by atoms with Crippen LogP contribution in [0.15, 0.2) is 71.2 Å². The summed E-state index contributed by atoms with van der Waals surface area (Å²) in [6.45, 7) is 3.55. The largest absolute Gasteiger partial charge is 0.466 e. The maximum absolute atomic E-state index is 13.2. The molecule has 9 nitrogen and oxygen atoms in total. The Balaban J connectivity index is 2.04. The summed E-state index contributed by atoms with van der Waals surface area (Å²) in [6.07, 6.45) is 0. The molecule has 1 amide bonds. The highest BCUT2D eigenvalue weighted by molar-refractivity contribution is 6.08. The van der Waals surface area contributed by atoms with Crippen molar-refractivity contribution in [3.8, 4) is 6.07 Å². The van der Waals surface area contributed by atoms with Crippen molar-refractivity contribution in [2.75, 3.05) is 24.4 Å². The standard InChI is InChI=1S/C26H24N4O5/c1-26(2)17-12-15(10-11-18(17)29-25(26)33)30-21(24(32)35-4)20(23(31)34-3)19(16(13-27)22(30)28)14-8-6-5-7-9-14/h5-12,19H,28H2,1-4H3,(H,29,33). The van der Waals surface area contributed by atoms with E-state index in [-0.39, 0.29) is 28.6 Å². The molecule has 9 heteroatoms. The maximum Gasteiger partial charge on any atom is 0.355 e. The Morgan fingerprint density at radius 3 is 2.34 bits per heavy atom. The van der Waals surface area contributed by atoms with Gasteiger partial charge in [0.1, 0.15) is 11.5 Å². The molecule has 2 heterocycles. The van der Waals surface area contributed by atoms with Crippen LogP contribution in [0.3, 0.4) is 0 Å². The molecular weight excluding hydrogens is 448 g/mol. The van der Waals surface area contributed by atoms with Crippen LogP contribution in [0.5, 0.6) is 0 Å². The van der Waals surface area contributed by atoms with Gasteiger partial charge in [0, 0.05) is 11.4 Å². The Kier molecular flexibility index (Phi) is 5.82. The third kappa shape index (κ3) is 3.60. The second kappa shape index (κ2) is 8.65. The first-order valence-corrected chi connectivity index (χ1v) is 10.8. The van der Waals surface area contributed by atoms with Crippen molar-refractivity contribution in [3.63, 3.8) is 0 Å². The number of methoxy groups -OCH3 is 2. The first kappa shape index (κ1) is 23.6. The number of hydrogen-bond acceptors (Lipinski definition) is 8. The molecule has 1 unspecified atom stereocenters. The zero-order valence-corrected chi connectivity index (χ0v) is 19.7. The first-order valence-electron chi connectivity index (χ1n) is 10.8. The number of fused-ring (bicyclic) bond motifs is 1. The maximum atomic E-state index is 13.2. The Hall–Kier alpha value is -4.58. The number of amides is 1. The molecule has 1 atom stereocenters. The third-order valence-electron chi connectivity index (χ3n) is 6.36. The van der Waals surface area contributed by atoms with E-state index in [2.05, 4.69) is 11.4 Å². The van der Waals surface area contributed by atoms with Crippen molar-refractivity contribution in [1.82, 2.24) is 0 Å². The Morgan fingerprint density at radius 1 is 1.09 bits per heavy atom. The third-order valence-corrected chi connectivity index (χ3v) is 6.36. The van der Waals surface area contributed by atoms with Gasteiger partial charge in [-0.3, -0.25) is 9.69 Å². The lowest BCUT2D eigenvalue weighted by atomic mass is 9.80. The second-order valence-corrected chi connectivity index (χ2v) is 8.64. The summed E-state index contributed by atoms with van der Waals surface area (Å²) in [7, 11) is 2.38. The van der Waals surface area contributed by atoms with Crippen LogP contribution in [0.1, 0.15) is 30.9 Å². The molecule has 2 aromatic rings. The van der Waals surface area contributed by atoms with Gasteiger partial charge < -0.3 is 20.5 Å². The van der Waals surface area contributed by atoms with Gasteiger partial charge in [-0.15, -0.1) is 0 Å². The van der Waals surface area contributed by atoms with Crippen LogP contribution < -0.4 is 16.0 Å². The highest BCUT2D eigenvalue weighted by atomic mass is 16.5. The molecule has 3 N–H and O–H groups in total. The zero-order chi connectivity index (χ0) is 25.5. The van der Waals surface area contributed by atoms with Crippen molar-refractivity contribution in [1.29, 1.82) is 5.26 Å². The zero-order valence-electron chi connectivity index (χ0n) is 19.7. The van der Waals surface area contributed by atoms with Gasteiger partial charge in [-0.25, -0.2) is 9.59 Å². The van der Waals surface area contributed by atoms with Gasteiger partial charge in [0.25, 0.3) is 0 Å². The molecule has 0 spiro atoms. The lowest BCUT2D eigenvalue weighted by molar-refractivity contribution is -0.139. The molecule has 0 saturated heterocycles. The van der Waals surface area contributed by atoms with Crippen molar-refractivity contribution >= 4 is 29.2 Å². The van der Waals surface area contributed by atoms with E-state index in [1.54, 1.807) is 62.4 Å². The van der Waals surface area contributed by atoms with Crippen molar-refractivity contribution < 1.29 is 23.9 Å². The molecule has 0 aliphatic carbocycles.